The Kier molecular flexibility index (Phi) is 3.76. The molecule has 2 aromatic rings. The minimum atomic E-state index is -0.0134. The van der Waals surface area contributed by atoms with E-state index in [4.69, 9.17) is 9.84 Å². The van der Waals surface area contributed by atoms with Crippen LogP contribution in [0.15, 0.2) is 23.6 Å². The highest BCUT2D eigenvalue weighted by atomic mass is 32.1. The van der Waals surface area contributed by atoms with Gasteiger partial charge in [-0.3, -0.25) is 0 Å². The zero-order chi connectivity index (χ0) is 12.3. The first kappa shape index (κ1) is 12.1. The summed E-state index contributed by atoms with van der Waals surface area (Å²) in [6.07, 6.45) is 0.980. The number of benzene rings is 1. The molecule has 0 spiro atoms. The fourth-order valence-electron chi connectivity index (χ4n) is 1.68. The normalized spacial score (nSPS) is 10.5. The van der Waals surface area contributed by atoms with Gasteiger partial charge in [0.15, 0.2) is 0 Å². The van der Waals surface area contributed by atoms with Gasteiger partial charge in [0.25, 0.3) is 0 Å². The van der Waals surface area contributed by atoms with E-state index in [0.717, 1.165) is 28.4 Å². The maximum absolute atomic E-state index is 9.04. The van der Waals surface area contributed by atoms with E-state index in [0.29, 0.717) is 0 Å². The van der Waals surface area contributed by atoms with Gasteiger partial charge in [0, 0.05) is 10.9 Å². The van der Waals surface area contributed by atoms with Crippen LogP contribution in [0.4, 0.5) is 0 Å². The second-order valence-corrected chi connectivity index (χ2v) is 4.62. The molecular formula is C13H15NO2S. The lowest BCUT2D eigenvalue weighted by Crippen LogP contribution is -1.91. The SMILES string of the molecule is CCc1ccc(OC)c(-c2csc(CO)n2)c1. The van der Waals surface area contributed by atoms with Crippen molar-refractivity contribution >= 4 is 11.3 Å². The monoisotopic (exact) mass is 249 g/mol. The van der Waals surface area contributed by atoms with Gasteiger partial charge in [-0.1, -0.05) is 13.0 Å². The first-order valence-corrected chi connectivity index (χ1v) is 6.39. The van der Waals surface area contributed by atoms with Gasteiger partial charge in [-0.25, -0.2) is 4.98 Å². The van der Waals surface area contributed by atoms with Crippen molar-refractivity contribution in [2.24, 2.45) is 0 Å². The Morgan fingerprint density at radius 3 is 2.82 bits per heavy atom. The number of rotatable bonds is 4. The number of ether oxygens (including phenoxy) is 1. The Morgan fingerprint density at radius 2 is 2.24 bits per heavy atom. The smallest absolute Gasteiger partial charge is 0.128 e. The summed E-state index contributed by atoms with van der Waals surface area (Å²) in [4.78, 5) is 4.37. The number of hydrogen-bond donors (Lipinski definition) is 1. The molecular weight excluding hydrogens is 234 g/mol. The first-order valence-electron chi connectivity index (χ1n) is 5.51. The number of thiazole rings is 1. The molecule has 0 radical (unpaired) electrons. The van der Waals surface area contributed by atoms with Crippen LogP contribution < -0.4 is 4.74 Å². The minimum absolute atomic E-state index is 0.0134. The van der Waals surface area contributed by atoms with Crippen LogP contribution in [-0.4, -0.2) is 17.2 Å². The number of hydrogen-bond acceptors (Lipinski definition) is 4. The number of aliphatic hydroxyl groups excluding tert-OH is 1. The lowest BCUT2D eigenvalue weighted by molar-refractivity contribution is 0.281. The number of nitrogens with zero attached hydrogens (tertiary/aromatic N) is 1. The maximum atomic E-state index is 9.04. The zero-order valence-corrected chi connectivity index (χ0v) is 10.8. The van der Waals surface area contributed by atoms with Gasteiger partial charge >= 0.3 is 0 Å². The lowest BCUT2D eigenvalue weighted by Gasteiger charge is -2.08. The van der Waals surface area contributed by atoms with Crippen LogP contribution in [0, 0.1) is 0 Å². The van der Waals surface area contributed by atoms with Crippen molar-refractivity contribution in [2.45, 2.75) is 20.0 Å². The fraction of sp³-hybridized carbons (Fsp3) is 0.308. The van der Waals surface area contributed by atoms with E-state index in [-0.39, 0.29) is 6.61 Å². The topological polar surface area (TPSA) is 42.4 Å². The summed E-state index contributed by atoms with van der Waals surface area (Å²) < 4.78 is 5.34. The van der Waals surface area contributed by atoms with E-state index in [9.17, 15) is 0 Å². The summed E-state index contributed by atoms with van der Waals surface area (Å²) in [5, 5.41) is 11.7. The molecule has 0 aliphatic rings. The number of methoxy groups -OCH3 is 1. The molecule has 90 valence electrons. The minimum Gasteiger partial charge on any atom is -0.496 e. The summed E-state index contributed by atoms with van der Waals surface area (Å²) in [5.41, 5.74) is 3.10. The summed E-state index contributed by atoms with van der Waals surface area (Å²) in [7, 11) is 1.66. The Hall–Kier alpha value is -1.39. The third kappa shape index (κ3) is 2.48. The van der Waals surface area contributed by atoms with Crippen molar-refractivity contribution < 1.29 is 9.84 Å². The molecule has 4 heteroatoms. The van der Waals surface area contributed by atoms with Gasteiger partial charge in [-0.15, -0.1) is 11.3 Å². The van der Waals surface area contributed by atoms with Crippen LogP contribution in [0.1, 0.15) is 17.5 Å². The van der Waals surface area contributed by atoms with Crippen molar-refractivity contribution in [2.75, 3.05) is 7.11 Å². The highest BCUT2D eigenvalue weighted by Crippen LogP contribution is 2.31. The molecule has 1 aromatic heterocycles. The molecule has 1 heterocycles. The van der Waals surface area contributed by atoms with E-state index >= 15 is 0 Å². The second kappa shape index (κ2) is 5.29. The van der Waals surface area contributed by atoms with Crippen LogP contribution in [0.2, 0.25) is 0 Å². The van der Waals surface area contributed by atoms with Gasteiger partial charge in [-0.2, -0.15) is 0 Å². The molecule has 0 aliphatic carbocycles. The van der Waals surface area contributed by atoms with E-state index in [2.05, 4.69) is 24.0 Å². The summed E-state index contributed by atoms with van der Waals surface area (Å²) in [5.74, 6) is 0.817. The highest BCUT2D eigenvalue weighted by molar-refractivity contribution is 7.09. The second-order valence-electron chi connectivity index (χ2n) is 3.67. The maximum Gasteiger partial charge on any atom is 0.128 e. The van der Waals surface area contributed by atoms with Gasteiger partial charge in [0.05, 0.1) is 19.4 Å². The van der Waals surface area contributed by atoms with Gasteiger partial charge in [-0.05, 0) is 24.1 Å². The van der Waals surface area contributed by atoms with E-state index in [1.807, 2.05) is 11.4 Å². The predicted molar refractivity (Wildman–Crippen MR) is 69.4 cm³/mol. The fourth-order valence-corrected chi connectivity index (χ4v) is 2.34. The largest absolute Gasteiger partial charge is 0.496 e. The average molecular weight is 249 g/mol. The molecule has 1 N–H and O–H groups in total. The van der Waals surface area contributed by atoms with Crippen LogP contribution in [0.25, 0.3) is 11.3 Å². The Balaban J connectivity index is 2.47. The van der Waals surface area contributed by atoms with Crippen LogP contribution in [-0.2, 0) is 13.0 Å². The summed E-state index contributed by atoms with van der Waals surface area (Å²) in [6, 6.07) is 6.11. The lowest BCUT2D eigenvalue weighted by atomic mass is 10.1. The van der Waals surface area contributed by atoms with Crippen molar-refractivity contribution in [3.05, 3.63) is 34.2 Å². The Bertz CT molecular complexity index is 508. The molecule has 3 nitrogen and oxygen atoms in total. The quantitative estimate of drug-likeness (QED) is 0.906. The Morgan fingerprint density at radius 1 is 1.41 bits per heavy atom. The number of aliphatic hydroxyl groups is 1. The molecule has 0 unspecified atom stereocenters. The van der Waals surface area contributed by atoms with Crippen molar-refractivity contribution in [1.29, 1.82) is 0 Å². The summed E-state index contributed by atoms with van der Waals surface area (Å²) in [6.45, 7) is 2.10. The Labute approximate surface area is 105 Å². The summed E-state index contributed by atoms with van der Waals surface area (Å²) >= 11 is 1.46. The molecule has 0 saturated heterocycles. The first-order chi connectivity index (χ1) is 8.28. The molecule has 1 aromatic carbocycles. The molecule has 0 bridgehead atoms. The molecule has 0 amide bonds. The third-order valence-electron chi connectivity index (χ3n) is 2.64. The zero-order valence-electron chi connectivity index (χ0n) is 9.93. The number of aryl methyl sites for hydroxylation is 1. The molecule has 0 fully saturated rings. The number of aromatic nitrogens is 1. The third-order valence-corrected chi connectivity index (χ3v) is 3.47. The molecule has 2 rings (SSSR count). The molecule has 0 saturated carbocycles. The van der Waals surface area contributed by atoms with Gasteiger partial charge < -0.3 is 9.84 Å². The van der Waals surface area contributed by atoms with Gasteiger partial charge in [0.1, 0.15) is 10.8 Å². The molecule has 17 heavy (non-hydrogen) atoms. The van der Waals surface area contributed by atoms with E-state index in [1.165, 1.54) is 16.9 Å². The van der Waals surface area contributed by atoms with Crippen molar-refractivity contribution in [3.63, 3.8) is 0 Å². The predicted octanol–water partition coefficient (Wildman–Crippen LogP) is 2.87. The standard InChI is InChI=1S/C13H15NO2S/c1-3-9-4-5-12(16-2)10(6-9)11-8-17-13(7-15)14-11/h4-6,8,15H,3,7H2,1-2H3. The van der Waals surface area contributed by atoms with Gasteiger partial charge in [0.2, 0.25) is 0 Å². The van der Waals surface area contributed by atoms with Crippen LogP contribution in [0.5, 0.6) is 5.75 Å². The molecule has 0 aliphatic heterocycles. The van der Waals surface area contributed by atoms with E-state index in [1.54, 1.807) is 7.11 Å². The van der Waals surface area contributed by atoms with E-state index < -0.39 is 0 Å². The highest BCUT2D eigenvalue weighted by Gasteiger charge is 2.10. The van der Waals surface area contributed by atoms with Crippen LogP contribution in [0.3, 0.4) is 0 Å². The average Bonchev–Trinajstić information content (AvgIpc) is 2.86. The molecule has 0 atom stereocenters. The van der Waals surface area contributed by atoms with Crippen LogP contribution >= 0.6 is 11.3 Å². The van der Waals surface area contributed by atoms with Crippen molar-refractivity contribution in [1.82, 2.24) is 4.98 Å². The van der Waals surface area contributed by atoms with Crippen molar-refractivity contribution in [3.8, 4) is 17.0 Å².